The van der Waals surface area contributed by atoms with Crippen LogP contribution in [0.1, 0.15) is 31.4 Å². The van der Waals surface area contributed by atoms with Gasteiger partial charge in [-0.15, -0.1) is 0 Å². The Balaban J connectivity index is 1.64. The number of hydrogen-bond donors (Lipinski definition) is 1. The first-order valence-electron chi connectivity index (χ1n) is 10.0. The minimum Gasteiger partial charge on any atom is -0.497 e. The Morgan fingerprint density at radius 1 is 1.10 bits per heavy atom. The molecule has 7 nitrogen and oxygen atoms in total. The molecule has 168 valence electrons. The summed E-state index contributed by atoms with van der Waals surface area (Å²) >= 11 is 5.92. The zero-order chi connectivity index (χ0) is 22.6. The molecule has 1 fully saturated rings. The predicted molar refractivity (Wildman–Crippen MR) is 119 cm³/mol. The molecule has 1 N–H and O–H groups in total. The summed E-state index contributed by atoms with van der Waals surface area (Å²) in [5.74, 6) is 0.383. The third-order valence-corrected chi connectivity index (χ3v) is 7.71. The van der Waals surface area contributed by atoms with Crippen molar-refractivity contribution in [1.82, 2.24) is 9.62 Å². The number of rotatable bonds is 7. The van der Waals surface area contributed by atoms with E-state index in [0.29, 0.717) is 23.6 Å². The Labute approximate surface area is 188 Å². The molecule has 1 saturated heterocycles. The van der Waals surface area contributed by atoms with Crippen molar-refractivity contribution in [2.75, 3.05) is 27.3 Å². The van der Waals surface area contributed by atoms with Crippen molar-refractivity contribution in [3.05, 3.63) is 53.1 Å². The van der Waals surface area contributed by atoms with Gasteiger partial charge in [-0.05, 0) is 49.6 Å². The first kappa shape index (κ1) is 23.4. The summed E-state index contributed by atoms with van der Waals surface area (Å²) in [5.41, 5.74) is 0.961. The van der Waals surface area contributed by atoms with Crippen LogP contribution in [-0.2, 0) is 14.8 Å². The molecule has 0 unspecified atom stereocenters. The highest BCUT2D eigenvalue weighted by Crippen LogP contribution is 2.32. The lowest BCUT2D eigenvalue weighted by Crippen LogP contribution is -2.43. The zero-order valence-corrected chi connectivity index (χ0v) is 19.4. The molecule has 1 aliphatic rings. The fraction of sp³-hybridized carbons (Fsp3) is 0.409. The smallest absolute Gasteiger partial charge is 0.246 e. The Morgan fingerprint density at radius 2 is 1.74 bits per heavy atom. The average Bonchev–Trinajstić information content (AvgIpc) is 2.79. The molecule has 0 aromatic heterocycles. The summed E-state index contributed by atoms with van der Waals surface area (Å²) in [6.45, 7) is 2.43. The molecule has 0 bridgehead atoms. The third kappa shape index (κ3) is 5.31. The van der Waals surface area contributed by atoms with E-state index in [1.807, 2.05) is 19.1 Å². The summed E-state index contributed by atoms with van der Waals surface area (Å²) in [6, 6.07) is 11.9. The maximum Gasteiger partial charge on any atom is 0.246 e. The molecule has 0 spiro atoms. The van der Waals surface area contributed by atoms with Crippen LogP contribution >= 0.6 is 11.6 Å². The van der Waals surface area contributed by atoms with Crippen molar-refractivity contribution in [3.63, 3.8) is 0 Å². The number of hydrogen-bond acceptors (Lipinski definition) is 5. The zero-order valence-electron chi connectivity index (χ0n) is 17.8. The lowest BCUT2D eigenvalue weighted by molar-refractivity contribution is -0.126. The fourth-order valence-corrected chi connectivity index (χ4v) is 5.42. The molecule has 0 saturated carbocycles. The summed E-state index contributed by atoms with van der Waals surface area (Å²) < 4.78 is 38.2. The van der Waals surface area contributed by atoms with E-state index in [-0.39, 0.29) is 41.6 Å². The van der Waals surface area contributed by atoms with Crippen molar-refractivity contribution in [2.24, 2.45) is 5.92 Å². The highest BCUT2D eigenvalue weighted by molar-refractivity contribution is 7.89. The SMILES string of the molecule is COc1ccc(OC)c(S(=O)(=O)N2CCC(C(=O)N[C@H](C)c3ccc(Cl)cc3)CC2)c1. The second-order valence-corrected chi connectivity index (χ2v) is 9.82. The van der Waals surface area contributed by atoms with Crippen LogP contribution in [0.5, 0.6) is 11.5 Å². The standard InChI is InChI=1S/C22H27ClN2O5S/c1-15(16-4-6-18(23)7-5-16)24-22(26)17-10-12-25(13-11-17)31(27,28)21-14-19(29-2)8-9-20(21)30-3/h4-9,14-15,17H,10-13H2,1-3H3,(H,24,26)/t15-/m1/s1. The van der Waals surface area contributed by atoms with Gasteiger partial charge in [0.15, 0.2) is 0 Å². The monoisotopic (exact) mass is 466 g/mol. The maximum atomic E-state index is 13.2. The van der Waals surface area contributed by atoms with E-state index in [1.54, 1.807) is 24.3 Å². The van der Waals surface area contributed by atoms with Crippen LogP contribution in [-0.4, -0.2) is 45.9 Å². The molecule has 31 heavy (non-hydrogen) atoms. The number of benzene rings is 2. The predicted octanol–water partition coefficient (Wildman–Crippen LogP) is 3.64. The minimum absolute atomic E-state index is 0.0635. The molecule has 1 atom stereocenters. The lowest BCUT2D eigenvalue weighted by Gasteiger charge is -2.31. The van der Waals surface area contributed by atoms with Crippen LogP contribution in [0, 0.1) is 5.92 Å². The van der Waals surface area contributed by atoms with Gasteiger partial charge in [-0.25, -0.2) is 8.42 Å². The van der Waals surface area contributed by atoms with E-state index >= 15 is 0 Å². The van der Waals surface area contributed by atoms with Crippen molar-refractivity contribution in [2.45, 2.75) is 30.7 Å². The number of nitrogens with one attached hydrogen (secondary N) is 1. The van der Waals surface area contributed by atoms with E-state index in [2.05, 4.69) is 5.32 Å². The second-order valence-electron chi connectivity index (χ2n) is 7.48. The minimum atomic E-state index is -3.77. The number of sulfonamides is 1. The van der Waals surface area contributed by atoms with Crippen LogP contribution in [0.25, 0.3) is 0 Å². The second kappa shape index (κ2) is 9.89. The first-order chi connectivity index (χ1) is 14.8. The fourth-order valence-electron chi connectivity index (χ4n) is 3.65. The van der Waals surface area contributed by atoms with E-state index < -0.39 is 10.0 Å². The topological polar surface area (TPSA) is 84.9 Å². The summed E-state index contributed by atoms with van der Waals surface area (Å²) in [5, 5.41) is 3.66. The Morgan fingerprint density at radius 3 is 2.32 bits per heavy atom. The number of ether oxygens (including phenoxy) is 2. The van der Waals surface area contributed by atoms with Crippen LogP contribution in [0.15, 0.2) is 47.4 Å². The number of halogens is 1. The molecule has 2 aromatic carbocycles. The summed E-state index contributed by atoms with van der Waals surface area (Å²) in [4.78, 5) is 12.8. The Bertz CT molecular complexity index is 1020. The van der Waals surface area contributed by atoms with Crippen LogP contribution in [0.4, 0.5) is 0 Å². The third-order valence-electron chi connectivity index (χ3n) is 5.54. The molecular formula is C22H27ClN2O5S. The molecule has 9 heteroatoms. The van der Waals surface area contributed by atoms with Gasteiger partial charge in [0, 0.05) is 30.1 Å². The van der Waals surface area contributed by atoms with Crippen LogP contribution < -0.4 is 14.8 Å². The highest BCUT2D eigenvalue weighted by atomic mass is 35.5. The Hall–Kier alpha value is -2.29. The molecule has 3 rings (SSSR count). The molecule has 1 aliphatic heterocycles. The maximum absolute atomic E-state index is 13.2. The van der Waals surface area contributed by atoms with Crippen LogP contribution in [0.2, 0.25) is 5.02 Å². The Kier molecular flexibility index (Phi) is 7.46. The summed E-state index contributed by atoms with van der Waals surface area (Å²) in [7, 11) is -0.863. The van der Waals surface area contributed by atoms with Gasteiger partial charge in [0.25, 0.3) is 0 Å². The van der Waals surface area contributed by atoms with Crippen molar-refractivity contribution in [3.8, 4) is 11.5 Å². The van der Waals surface area contributed by atoms with E-state index in [1.165, 1.54) is 24.6 Å². The van der Waals surface area contributed by atoms with E-state index in [9.17, 15) is 13.2 Å². The molecular weight excluding hydrogens is 440 g/mol. The number of carbonyl (C=O) groups is 1. The van der Waals surface area contributed by atoms with Gasteiger partial charge in [0.05, 0.1) is 20.3 Å². The van der Waals surface area contributed by atoms with E-state index in [4.69, 9.17) is 21.1 Å². The molecule has 0 aliphatic carbocycles. The number of carbonyl (C=O) groups excluding carboxylic acids is 1. The number of methoxy groups -OCH3 is 2. The van der Waals surface area contributed by atoms with Gasteiger partial charge in [-0.2, -0.15) is 4.31 Å². The van der Waals surface area contributed by atoms with Gasteiger partial charge in [-0.3, -0.25) is 4.79 Å². The van der Waals surface area contributed by atoms with Gasteiger partial charge < -0.3 is 14.8 Å². The lowest BCUT2D eigenvalue weighted by atomic mass is 9.96. The molecule has 1 amide bonds. The van der Waals surface area contributed by atoms with Crippen molar-refractivity contribution < 1.29 is 22.7 Å². The van der Waals surface area contributed by atoms with Gasteiger partial charge in [0.2, 0.25) is 15.9 Å². The molecule has 1 heterocycles. The first-order valence-corrected chi connectivity index (χ1v) is 11.9. The molecule has 0 radical (unpaired) electrons. The number of amides is 1. The number of piperidine rings is 1. The normalized spacial score (nSPS) is 16.5. The average molecular weight is 467 g/mol. The van der Waals surface area contributed by atoms with Gasteiger partial charge in [0.1, 0.15) is 16.4 Å². The number of nitrogens with zero attached hydrogens (tertiary/aromatic N) is 1. The van der Waals surface area contributed by atoms with Crippen molar-refractivity contribution >= 4 is 27.5 Å². The quantitative estimate of drug-likeness (QED) is 0.673. The molecule has 2 aromatic rings. The largest absolute Gasteiger partial charge is 0.497 e. The van der Waals surface area contributed by atoms with E-state index in [0.717, 1.165) is 5.56 Å². The van der Waals surface area contributed by atoms with Gasteiger partial charge >= 0.3 is 0 Å². The van der Waals surface area contributed by atoms with Crippen LogP contribution in [0.3, 0.4) is 0 Å². The highest BCUT2D eigenvalue weighted by Gasteiger charge is 2.34. The summed E-state index contributed by atoms with van der Waals surface area (Å²) in [6.07, 6.45) is 0.898. The van der Waals surface area contributed by atoms with Gasteiger partial charge in [-0.1, -0.05) is 23.7 Å². The van der Waals surface area contributed by atoms with Crippen molar-refractivity contribution in [1.29, 1.82) is 0 Å².